The highest BCUT2D eigenvalue weighted by molar-refractivity contribution is 14.0. The largest absolute Gasteiger partial charge is 0.375 e. The molecule has 1 saturated carbocycles. The topological polar surface area (TPSA) is 66.0 Å². The number of guanidine groups is 1. The van der Waals surface area contributed by atoms with Crippen molar-refractivity contribution in [1.29, 1.82) is 0 Å². The van der Waals surface area contributed by atoms with Gasteiger partial charge in [-0.3, -0.25) is 9.79 Å². The van der Waals surface area contributed by atoms with Crippen molar-refractivity contribution < 1.29 is 13.9 Å². The number of carbonyl (C=O) groups is 1. The van der Waals surface area contributed by atoms with Gasteiger partial charge >= 0.3 is 0 Å². The molecule has 9 heteroatoms. The van der Waals surface area contributed by atoms with Crippen LogP contribution in [0.5, 0.6) is 0 Å². The minimum Gasteiger partial charge on any atom is -0.375 e. The first-order chi connectivity index (χ1) is 14.6. The van der Waals surface area contributed by atoms with Crippen molar-refractivity contribution in [2.24, 2.45) is 10.9 Å². The van der Waals surface area contributed by atoms with Crippen LogP contribution in [0, 0.1) is 11.7 Å². The lowest BCUT2D eigenvalue weighted by molar-refractivity contribution is -0.136. The van der Waals surface area contributed by atoms with Crippen LogP contribution in [-0.2, 0) is 9.53 Å². The van der Waals surface area contributed by atoms with Gasteiger partial charge in [0.1, 0.15) is 5.82 Å². The van der Waals surface area contributed by atoms with Crippen LogP contribution in [0.1, 0.15) is 37.4 Å². The molecule has 0 radical (unpaired) electrons. The summed E-state index contributed by atoms with van der Waals surface area (Å²) in [6, 6.07) is 6.67. The molecule has 1 saturated heterocycles. The molecule has 0 aromatic heterocycles. The summed E-state index contributed by atoms with van der Waals surface area (Å²) in [5.74, 6) is 3.10. The minimum absolute atomic E-state index is 0. The number of amides is 1. The van der Waals surface area contributed by atoms with Gasteiger partial charge in [0.15, 0.2) is 5.96 Å². The Morgan fingerprint density at radius 1 is 1.23 bits per heavy atom. The maximum atomic E-state index is 13.2. The Labute approximate surface area is 206 Å². The van der Waals surface area contributed by atoms with Gasteiger partial charge in [0.05, 0.1) is 6.10 Å². The standard InChI is InChI=1S/C22H33FN4O2S.HI/c1-24-22(25-15-20(29-2)16-3-7-18(23)8-4-16)26-19-9-5-17(6-10-19)21(28)27-11-13-30-14-12-27;/h3-4,7-8,17,19-20H,5-6,9-15H2,1-2H3,(H2,24,25,26);1H. The van der Waals surface area contributed by atoms with Crippen molar-refractivity contribution in [3.8, 4) is 0 Å². The van der Waals surface area contributed by atoms with E-state index in [0.29, 0.717) is 18.5 Å². The molecule has 3 rings (SSSR count). The molecule has 0 spiro atoms. The Bertz CT molecular complexity index is 708. The highest BCUT2D eigenvalue weighted by atomic mass is 127. The number of carbonyl (C=O) groups excluding carboxylic acids is 1. The summed E-state index contributed by atoms with van der Waals surface area (Å²) in [6.07, 6.45) is 3.58. The molecular formula is C22H34FIN4O2S. The van der Waals surface area contributed by atoms with E-state index in [2.05, 4.69) is 20.5 Å². The van der Waals surface area contributed by atoms with Crippen LogP contribution in [0.4, 0.5) is 4.39 Å². The number of nitrogens with one attached hydrogen (secondary N) is 2. The number of aliphatic imine (C=N–C) groups is 1. The molecular weight excluding hydrogens is 530 g/mol. The van der Waals surface area contributed by atoms with Gasteiger partial charge in [0.2, 0.25) is 5.91 Å². The molecule has 1 atom stereocenters. The molecule has 0 bridgehead atoms. The SMILES string of the molecule is CN=C(NCC(OC)c1ccc(F)cc1)NC1CCC(C(=O)N2CCSCC2)CC1.I. The van der Waals surface area contributed by atoms with Gasteiger partial charge in [-0.05, 0) is 43.4 Å². The van der Waals surface area contributed by atoms with E-state index >= 15 is 0 Å². The van der Waals surface area contributed by atoms with E-state index in [1.54, 1.807) is 26.3 Å². The molecule has 1 aliphatic carbocycles. The molecule has 2 N–H and O–H groups in total. The van der Waals surface area contributed by atoms with Gasteiger partial charge in [-0.15, -0.1) is 24.0 Å². The molecule has 6 nitrogen and oxygen atoms in total. The Kier molecular flexibility index (Phi) is 11.4. The molecule has 1 amide bonds. The molecule has 174 valence electrons. The smallest absolute Gasteiger partial charge is 0.225 e. The highest BCUT2D eigenvalue weighted by Crippen LogP contribution is 2.27. The van der Waals surface area contributed by atoms with Crippen molar-refractivity contribution in [3.05, 3.63) is 35.6 Å². The number of hydrogen-bond acceptors (Lipinski definition) is 4. The van der Waals surface area contributed by atoms with Crippen LogP contribution < -0.4 is 10.6 Å². The van der Waals surface area contributed by atoms with Crippen molar-refractivity contribution >= 4 is 47.6 Å². The zero-order valence-corrected chi connectivity index (χ0v) is 21.5. The van der Waals surface area contributed by atoms with E-state index in [-0.39, 0.29) is 41.8 Å². The summed E-state index contributed by atoms with van der Waals surface area (Å²) in [6.45, 7) is 2.32. The van der Waals surface area contributed by atoms with Crippen LogP contribution in [0.2, 0.25) is 0 Å². The fraction of sp³-hybridized carbons (Fsp3) is 0.636. The average Bonchev–Trinajstić information content (AvgIpc) is 2.80. The van der Waals surface area contributed by atoms with E-state index in [1.807, 2.05) is 11.8 Å². The maximum Gasteiger partial charge on any atom is 0.225 e. The van der Waals surface area contributed by atoms with Crippen molar-refractivity contribution in [1.82, 2.24) is 15.5 Å². The second-order valence-corrected chi connectivity index (χ2v) is 9.08. The maximum absolute atomic E-state index is 13.2. The number of rotatable bonds is 6. The number of hydrogen-bond donors (Lipinski definition) is 2. The fourth-order valence-electron chi connectivity index (χ4n) is 4.12. The Morgan fingerprint density at radius 3 is 2.45 bits per heavy atom. The van der Waals surface area contributed by atoms with Crippen molar-refractivity contribution in [2.75, 3.05) is 45.3 Å². The molecule has 1 aliphatic heterocycles. The van der Waals surface area contributed by atoms with Gasteiger partial charge in [0.25, 0.3) is 0 Å². The molecule has 1 heterocycles. The molecule has 31 heavy (non-hydrogen) atoms. The average molecular weight is 565 g/mol. The first kappa shape index (κ1) is 26.2. The monoisotopic (exact) mass is 564 g/mol. The first-order valence-electron chi connectivity index (χ1n) is 10.7. The zero-order valence-electron chi connectivity index (χ0n) is 18.3. The van der Waals surface area contributed by atoms with E-state index in [0.717, 1.165) is 61.8 Å². The van der Waals surface area contributed by atoms with Gasteiger partial charge in [0, 0.05) is 57.3 Å². The predicted molar refractivity (Wildman–Crippen MR) is 136 cm³/mol. The van der Waals surface area contributed by atoms with Crippen LogP contribution in [0.15, 0.2) is 29.3 Å². The van der Waals surface area contributed by atoms with E-state index in [4.69, 9.17) is 4.74 Å². The van der Waals surface area contributed by atoms with Crippen LogP contribution in [0.25, 0.3) is 0 Å². The predicted octanol–water partition coefficient (Wildman–Crippen LogP) is 3.43. The molecule has 1 unspecified atom stereocenters. The second-order valence-electron chi connectivity index (χ2n) is 7.86. The van der Waals surface area contributed by atoms with E-state index in [1.165, 1.54) is 12.1 Å². The molecule has 1 aromatic carbocycles. The second kappa shape index (κ2) is 13.5. The normalized spacial score (nSPS) is 22.9. The van der Waals surface area contributed by atoms with Crippen molar-refractivity contribution in [3.63, 3.8) is 0 Å². The van der Waals surface area contributed by atoms with Gasteiger partial charge in [-0.2, -0.15) is 11.8 Å². The lowest BCUT2D eigenvalue weighted by Gasteiger charge is -2.34. The fourth-order valence-corrected chi connectivity index (χ4v) is 5.02. The third-order valence-corrected chi connectivity index (χ3v) is 6.89. The Hall–Kier alpha value is -1.07. The third kappa shape index (κ3) is 7.78. The van der Waals surface area contributed by atoms with Crippen LogP contribution in [-0.4, -0.2) is 68.1 Å². The first-order valence-corrected chi connectivity index (χ1v) is 11.9. The zero-order chi connectivity index (χ0) is 21.3. The Morgan fingerprint density at radius 2 is 1.87 bits per heavy atom. The lowest BCUT2D eigenvalue weighted by atomic mass is 9.85. The van der Waals surface area contributed by atoms with Crippen LogP contribution >= 0.6 is 35.7 Å². The minimum atomic E-state index is -0.257. The number of halogens is 2. The molecule has 1 aromatic rings. The lowest BCUT2D eigenvalue weighted by Crippen LogP contribution is -2.48. The van der Waals surface area contributed by atoms with Gasteiger partial charge < -0.3 is 20.3 Å². The number of benzene rings is 1. The van der Waals surface area contributed by atoms with Crippen LogP contribution in [0.3, 0.4) is 0 Å². The van der Waals surface area contributed by atoms with E-state index < -0.39 is 0 Å². The van der Waals surface area contributed by atoms with Gasteiger partial charge in [-0.25, -0.2) is 4.39 Å². The highest BCUT2D eigenvalue weighted by Gasteiger charge is 2.30. The number of ether oxygens (including phenoxy) is 1. The third-order valence-electron chi connectivity index (χ3n) is 5.94. The summed E-state index contributed by atoms with van der Waals surface area (Å²) in [5.41, 5.74) is 0.914. The Balaban J connectivity index is 0.00000341. The summed E-state index contributed by atoms with van der Waals surface area (Å²) >= 11 is 1.93. The number of thioether (sulfide) groups is 1. The van der Waals surface area contributed by atoms with E-state index in [9.17, 15) is 9.18 Å². The van der Waals surface area contributed by atoms with Crippen molar-refractivity contribution in [2.45, 2.75) is 37.8 Å². The molecule has 2 aliphatic rings. The number of methoxy groups -OCH3 is 1. The quantitative estimate of drug-likeness (QED) is 0.315. The summed E-state index contributed by atoms with van der Waals surface area (Å²) in [4.78, 5) is 19.1. The number of nitrogens with zero attached hydrogens (tertiary/aromatic N) is 2. The summed E-state index contributed by atoms with van der Waals surface area (Å²) in [5, 5.41) is 6.79. The summed E-state index contributed by atoms with van der Waals surface area (Å²) in [7, 11) is 3.39. The summed E-state index contributed by atoms with van der Waals surface area (Å²) < 4.78 is 18.7. The molecule has 2 fully saturated rings. The van der Waals surface area contributed by atoms with Gasteiger partial charge in [-0.1, -0.05) is 12.1 Å².